The summed E-state index contributed by atoms with van der Waals surface area (Å²) in [5, 5.41) is 4.71. The normalized spacial score (nSPS) is 11.6. The van der Waals surface area contributed by atoms with Gasteiger partial charge in [0.25, 0.3) is 0 Å². The first-order chi connectivity index (χ1) is 14.3. The highest BCUT2D eigenvalue weighted by Gasteiger charge is 2.14. The summed E-state index contributed by atoms with van der Waals surface area (Å²) < 4.78 is 7.64. The zero-order valence-corrected chi connectivity index (χ0v) is 16.0. The van der Waals surface area contributed by atoms with E-state index >= 15 is 0 Å². The molecule has 6 rings (SSSR count). The van der Waals surface area contributed by atoms with Gasteiger partial charge in [-0.05, 0) is 47.2 Å². The van der Waals surface area contributed by atoms with Crippen LogP contribution >= 0.6 is 0 Å². The van der Waals surface area contributed by atoms with E-state index in [9.17, 15) is 0 Å². The van der Waals surface area contributed by atoms with E-state index < -0.39 is 0 Å². The van der Waals surface area contributed by atoms with Gasteiger partial charge in [-0.25, -0.2) is 4.98 Å². The van der Waals surface area contributed by atoms with Gasteiger partial charge < -0.3 is 4.74 Å². The Hall–Kier alpha value is -3.85. The summed E-state index contributed by atoms with van der Waals surface area (Å²) in [4.78, 5) is 5.07. The van der Waals surface area contributed by atoms with Crippen LogP contribution in [0.25, 0.3) is 49.5 Å². The predicted octanol–water partition coefficient (Wildman–Crippen LogP) is 6.47. The Balaban J connectivity index is 1.72. The van der Waals surface area contributed by atoms with E-state index in [2.05, 4.69) is 83.3 Å². The molecule has 0 radical (unpaired) electrons. The molecule has 2 aromatic heterocycles. The van der Waals surface area contributed by atoms with Gasteiger partial charge in [0, 0.05) is 16.3 Å². The van der Waals surface area contributed by atoms with E-state index in [0.717, 1.165) is 33.4 Å². The van der Waals surface area contributed by atoms with Crippen LogP contribution in [0.4, 0.5) is 0 Å². The quantitative estimate of drug-likeness (QED) is 0.347. The van der Waals surface area contributed by atoms with Gasteiger partial charge in [-0.2, -0.15) is 0 Å². The molecule has 2 heterocycles. The number of nitrogens with zero attached hydrogens (tertiary/aromatic N) is 2. The first-order valence-corrected chi connectivity index (χ1v) is 9.69. The maximum Gasteiger partial charge on any atom is 0.145 e. The first-order valence-electron chi connectivity index (χ1n) is 9.69. The molecule has 6 aromatic rings. The first kappa shape index (κ1) is 16.1. The zero-order chi connectivity index (χ0) is 19.4. The molecular weight excluding hydrogens is 356 g/mol. The maximum absolute atomic E-state index is 5.36. The summed E-state index contributed by atoms with van der Waals surface area (Å²) in [6, 6.07) is 31.8. The van der Waals surface area contributed by atoms with Crippen molar-refractivity contribution >= 4 is 38.1 Å². The van der Waals surface area contributed by atoms with Gasteiger partial charge in [-0.15, -0.1) is 0 Å². The van der Waals surface area contributed by atoms with Crippen LogP contribution in [0.3, 0.4) is 0 Å². The van der Waals surface area contributed by atoms with Crippen LogP contribution in [-0.2, 0) is 0 Å². The molecule has 138 valence electrons. The number of rotatable bonds is 2. The minimum atomic E-state index is 0.868. The largest absolute Gasteiger partial charge is 0.497 e. The molecule has 0 unspecified atom stereocenters. The lowest BCUT2D eigenvalue weighted by Crippen LogP contribution is -1.97. The molecule has 0 N–H and O–H groups in total. The average Bonchev–Trinajstić information content (AvgIpc) is 3.18. The average molecular weight is 374 g/mol. The fourth-order valence-electron chi connectivity index (χ4n) is 4.22. The van der Waals surface area contributed by atoms with Crippen molar-refractivity contribution in [2.75, 3.05) is 7.11 Å². The molecule has 29 heavy (non-hydrogen) atoms. The lowest BCUT2D eigenvalue weighted by atomic mass is 10.1. The van der Waals surface area contributed by atoms with Gasteiger partial charge in [0.2, 0.25) is 0 Å². The second-order valence-corrected chi connectivity index (χ2v) is 7.30. The van der Waals surface area contributed by atoms with Crippen molar-refractivity contribution in [1.29, 1.82) is 0 Å². The van der Waals surface area contributed by atoms with Crippen LogP contribution < -0.4 is 4.74 Å². The topological polar surface area (TPSA) is 26.5 Å². The third-order valence-electron chi connectivity index (χ3n) is 5.63. The van der Waals surface area contributed by atoms with Crippen molar-refractivity contribution in [2.24, 2.45) is 0 Å². The molecule has 0 amide bonds. The van der Waals surface area contributed by atoms with Crippen molar-refractivity contribution < 1.29 is 4.74 Å². The monoisotopic (exact) mass is 374 g/mol. The van der Waals surface area contributed by atoms with E-state index in [-0.39, 0.29) is 0 Å². The third kappa shape index (κ3) is 2.41. The lowest BCUT2D eigenvalue weighted by molar-refractivity contribution is 0.415. The fourth-order valence-corrected chi connectivity index (χ4v) is 4.22. The van der Waals surface area contributed by atoms with Crippen molar-refractivity contribution in [3.63, 3.8) is 0 Å². The van der Waals surface area contributed by atoms with E-state index in [1.54, 1.807) is 7.11 Å². The van der Waals surface area contributed by atoms with Gasteiger partial charge >= 0.3 is 0 Å². The van der Waals surface area contributed by atoms with Gasteiger partial charge in [0.05, 0.1) is 23.7 Å². The van der Waals surface area contributed by atoms with E-state index in [0.29, 0.717) is 0 Å². The predicted molar refractivity (Wildman–Crippen MR) is 120 cm³/mol. The number of hydrogen-bond acceptors (Lipinski definition) is 2. The van der Waals surface area contributed by atoms with Crippen LogP contribution in [0.2, 0.25) is 0 Å². The molecule has 0 atom stereocenters. The van der Waals surface area contributed by atoms with Crippen molar-refractivity contribution in [3.05, 3.63) is 91.0 Å². The summed E-state index contributed by atoms with van der Waals surface area (Å²) >= 11 is 0. The minimum absolute atomic E-state index is 0.868. The van der Waals surface area contributed by atoms with Gasteiger partial charge in [0.15, 0.2) is 0 Å². The number of aromatic nitrogens is 2. The Morgan fingerprint density at radius 1 is 0.690 bits per heavy atom. The Labute approximate surface area is 167 Å². The highest BCUT2D eigenvalue weighted by Crippen LogP contribution is 2.33. The van der Waals surface area contributed by atoms with Crippen molar-refractivity contribution in [3.8, 4) is 17.1 Å². The van der Waals surface area contributed by atoms with Gasteiger partial charge in [-0.3, -0.25) is 4.40 Å². The Morgan fingerprint density at radius 2 is 1.48 bits per heavy atom. The molecule has 0 bridgehead atoms. The summed E-state index contributed by atoms with van der Waals surface area (Å²) in [6.07, 6.45) is 0. The lowest BCUT2D eigenvalue weighted by Gasteiger charge is -2.11. The summed E-state index contributed by atoms with van der Waals surface area (Å²) in [7, 11) is 1.70. The highest BCUT2D eigenvalue weighted by molar-refractivity contribution is 6.02. The zero-order valence-electron chi connectivity index (χ0n) is 16.0. The number of ether oxygens (including phenoxy) is 1. The number of para-hydroxylation sites is 2. The van der Waals surface area contributed by atoms with Gasteiger partial charge in [0.1, 0.15) is 11.6 Å². The van der Waals surface area contributed by atoms with Crippen LogP contribution in [-0.4, -0.2) is 16.5 Å². The molecule has 0 saturated carbocycles. The molecule has 0 saturated heterocycles. The van der Waals surface area contributed by atoms with E-state index in [1.807, 2.05) is 12.1 Å². The van der Waals surface area contributed by atoms with Gasteiger partial charge in [-0.1, -0.05) is 54.6 Å². The molecule has 4 aromatic carbocycles. The SMILES string of the molecule is COc1ccc2cc(-c3nc4ccccc4c4cc5ccccc5n34)ccc2c1. The van der Waals surface area contributed by atoms with E-state index in [4.69, 9.17) is 9.72 Å². The molecule has 0 aliphatic heterocycles. The second-order valence-electron chi connectivity index (χ2n) is 7.30. The van der Waals surface area contributed by atoms with Crippen LogP contribution in [0, 0.1) is 0 Å². The summed E-state index contributed by atoms with van der Waals surface area (Å²) in [5.41, 5.74) is 4.46. The number of hydrogen-bond donors (Lipinski definition) is 0. The van der Waals surface area contributed by atoms with Crippen LogP contribution in [0.5, 0.6) is 5.75 Å². The number of methoxy groups -OCH3 is 1. The smallest absolute Gasteiger partial charge is 0.145 e. The molecule has 0 spiro atoms. The van der Waals surface area contributed by atoms with Crippen LogP contribution in [0.15, 0.2) is 91.0 Å². The molecule has 0 aliphatic carbocycles. The fraction of sp³-hybridized carbons (Fsp3) is 0.0385. The van der Waals surface area contributed by atoms with E-state index in [1.165, 1.54) is 21.8 Å². The standard InChI is InChI=1S/C26H18N2O/c1-29-21-13-12-17-14-20(11-10-18(17)15-21)26-27-23-8-4-3-7-22(23)25-16-19-6-2-5-9-24(19)28(25)26/h2-16H,1H3. The minimum Gasteiger partial charge on any atom is -0.497 e. The highest BCUT2D eigenvalue weighted by atomic mass is 16.5. The van der Waals surface area contributed by atoms with Crippen LogP contribution in [0.1, 0.15) is 0 Å². The molecule has 0 fully saturated rings. The molecule has 3 heteroatoms. The Bertz CT molecular complexity index is 1550. The number of benzene rings is 4. The maximum atomic E-state index is 5.36. The third-order valence-corrected chi connectivity index (χ3v) is 5.63. The molecule has 3 nitrogen and oxygen atoms in total. The Morgan fingerprint density at radius 3 is 2.41 bits per heavy atom. The van der Waals surface area contributed by atoms with Crippen molar-refractivity contribution in [2.45, 2.75) is 0 Å². The second kappa shape index (κ2) is 6.08. The molecule has 0 aliphatic rings. The summed E-state index contributed by atoms with van der Waals surface area (Å²) in [5.74, 6) is 1.82. The Kier molecular flexibility index (Phi) is 3.38. The molecular formula is C26H18N2O. The van der Waals surface area contributed by atoms with Crippen molar-refractivity contribution in [1.82, 2.24) is 9.38 Å². The summed E-state index contributed by atoms with van der Waals surface area (Å²) in [6.45, 7) is 0. The number of fused-ring (bicyclic) bond motifs is 6.